The molecular formula is C35H53F5O. The Kier molecular flexibility index (Phi) is 10.8. The molecular weight excluding hydrogens is 531 g/mol. The molecule has 3 aliphatic rings. The lowest BCUT2D eigenvalue weighted by atomic mass is 9.54. The Hall–Kier alpha value is -1.33. The molecule has 1 nitrogen and oxygen atoms in total. The summed E-state index contributed by atoms with van der Waals surface area (Å²) in [5.41, 5.74) is 0.398. The monoisotopic (exact) mass is 584 g/mol. The summed E-state index contributed by atoms with van der Waals surface area (Å²) >= 11 is 0. The number of hydrogen-bond donors (Lipinski definition) is 0. The molecule has 8 atom stereocenters. The lowest BCUT2D eigenvalue weighted by molar-refractivity contribution is -0.222. The zero-order valence-electron chi connectivity index (χ0n) is 26.0. The molecule has 0 saturated heterocycles. The summed E-state index contributed by atoms with van der Waals surface area (Å²) in [7, 11) is 0. The minimum Gasteiger partial charge on any atom is -0.432 e. The lowest BCUT2D eigenvalue weighted by Crippen LogP contribution is -2.43. The normalized spacial score (nSPS) is 33.7. The van der Waals surface area contributed by atoms with Crippen molar-refractivity contribution in [1.29, 1.82) is 0 Å². The summed E-state index contributed by atoms with van der Waals surface area (Å²) in [4.78, 5) is 0. The van der Waals surface area contributed by atoms with Crippen LogP contribution in [0.15, 0.2) is 12.1 Å². The fourth-order valence-electron chi connectivity index (χ4n) is 9.32. The maximum absolute atomic E-state index is 15.3. The van der Waals surface area contributed by atoms with Crippen molar-refractivity contribution in [2.45, 2.75) is 131 Å². The molecule has 4 rings (SSSR count). The Balaban J connectivity index is 1.39. The third kappa shape index (κ3) is 7.61. The molecule has 0 radical (unpaired) electrons. The molecule has 0 aliphatic heterocycles. The van der Waals surface area contributed by atoms with E-state index in [1.807, 2.05) is 0 Å². The summed E-state index contributed by atoms with van der Waals surface area (Å²) in [6, 6.07) is 1.00. The number of alkyl halides is 2. The van der Waals surface area contributed by atoms with Gasteiger partial charge in [0.25, 0.3) is 0 Å². The summed E-state index contributed by atoms with van der Waals surface area (Å²) in [6.07, 6.45) is 11.1. The summed E-state index contributed by atoms with van der Waals surface area (Å²) < 4.78 is 76.2. The number of hydrogen-bond acceptors (Lipinski definition) is 1. The van der Waals surface area contributed by atoms with Crippen LogP contribution in [0, 0.1) is 70.2 Å². The van der Waals surface area contributed by atoms with Gasteiger partial charge >= 0.3 is 6.11 Å². The van der Waals surface area contributed by atoms with Gasteiger partial charge in [-0.2, -0.15) is 8.78 Å². The van der Waals surface area contributed by atoms with Crippen LogP contribution in [0.5, 0.6) is 5.75 Å². The third-order valence-corrected chi connectivity index (χ3v) is 11.5. The van der Waals surface area contributed by atoms with Crippen molar-refractivity contribution in [2.24, 2.45) is 52.8 Å². The van der Waals surface area contributed by atoms with Gasteiger partial charge in [-0.15, -0.1) is 0 Å². The Labute approximate surface area is 245 Å². The van der Waals surface area contributed by atoms with Crippen LogP contribution < -0.4 is 4.74 Å². The topological polar surface area (TPSA) is 9.23 Å². The van der Waals surface area contributed by atoms with E-state index in [4.69, 9.17) is 4.74 Å². The standard InChI is InChI=1S/C35H53F5O/c1-22(2)9-6-7-10-24(4)29-15-16-30-28-14-13-23(3)19-26(12-8-11-25(28)17-18-34(29,30)5)35(39,40)41-27-20-31(36)33(38)32(37)21-27/h20-26,28-30H,6-19H2,1-5H3/t23-,24?,25-,26-,28+,29+,30-,34+/m0/s1. The SMILES string of the molecule is CC(C)CCCCC(C)[C@H]1CC[C@H]2[C@@H]3CC[C@H](C)C[C@@H](C(F)(F)Oc4cc(F)c(F)c(F)c4)CCC[C@H]3CC[C@]12C. The van der Waals surface area contributed by atoms with Crippen molar-refractivity contribution in [3.05, 3.63) is 29.6 Å². The van der Waals surface area contributed by atoms with Crippen LogP contribution in [0.1, 0.15) is 125 Å². The first-order chi connectivity index (χ1) is 19.3. The highest BCUT2D eigenvalue weighted by Crippen LogP contribution is 2.63. The van der Waals surface area contributed by atoms with E-state index >= 15 is 8.78 Å². The van der Waals surface area contributed by atoms with Gasteiger partial charge < -0.3 is 4.74 Å². The van der Waals surface area contributed by atoms with E-state index in [2.05, 4.69) is 34.6 Å². The van der Waals surface area contributed by atoms with Gasteiger partial charge in [0.15, 0.2) is 17.5 Å². The van der Waals surface area contributed by atoms with E-state index in [1.54, 1.807) is 0 Å². The van der Waals surface area contributed by atoms with Gasteiger partial charge in [-0.3, -0.25) is 0 Å². The molecule has 0 N–H and O–H groups in total. The Morgan fingerprint density at radius 3 is 2.27 bits per heavy atom. The highest BCUT2D eigenvalue weighted by Gasteiger charge is 2.54. The van der Waals surface area contributed by atoms with Crippen molar-refractivity contribution < 1.29 is 26.7 Å². The van der Waals surface area contributed by atoms with Crippen molar-refractivity contribution in [2.75, 3.05) is 0 Å². The van der Waals surface area contributed by atoms with Crippen molar-refractivity contribution in [3.63, 3.8) is 0 Å². The van der Waals surface area contributed by atoms with E-state index in [-0.39, 0.29) is 5.92 Å². The molecule has 3 fully saturated rings. The highest BCUT2D eigenvalue weighted by atomic mass is 19.3. The molecule has 0 spiro atoms. The zero-order chi connectivity index (χ0) is 29.9. The smallest absolute Gasteiger partial charge is 0.400 e. The molecule has 6 heteroatoms. The predicted molar refractivity (Wildman–Crippen MR) is 155 cm³/mol. The molecule has 3 saturated carbocycles. The summed E-state index contributed by atoms with van der Waals surface area (Å²) in [6.45, 7) is 11.7. The van der Waals surface area contributed by atoms with Gasteiger partial charge in [0.1, 0.15) is 5.75 Å². The van der Waals surface area contributed by atoms with E-state index in [0.29, 0.717) is 48.6 Å². The van der Waals surface area contributed by atoms with Crippen molar-refractivity contribution in [1.82, 2.24) is 0 Å². The number of fused-ring (bicyclic) bond motifs is 3. The molecule has 0 aromatic heterocycles. The van der Waals surface area contributed by atoms with Crippen LogP contribution in [-0.4, -0.2) is 6.11 Å². The summed E-state index contributed by atoms with van der Waals surface area (Å²) in [5.74, 6) is -2.04. The van der Waals surface area contributed by atoms with Gasteiger partial charge in [0.05, 0.1) is 5.92 Å². The van der Waals surface area contributed by atoms with Gasteiger partial charge in [-0.05, 0) is 91.8 Å². The van der Waals surface area contributed by atoms with Crippen LogP contribution in [-0.2, 0) is 0 Å². The van der Waals surface area contributed by atoms with Crippen LogP contribution in [0.3, 0.4) is 0 Å². The maximum atomic E-state index is 15.3. The second kappa shape index (κ2) is 13.5. The Bertz CT molecular complexity index is 972. The van der Waals surface area contributed by atoms with Gasteiger partial charge in [0.2, 0.25) is 0 Å². The lowest BCUT2D eigenvalue weighted by Gasteiger charge is -2.51. The number of rotatable bonds is 9. The highest BCUT2D eigenvalue weighted by molar-refractivity contribution is 5.25. The first-order valence-electron chi connectivity index (χ1n) is 16.5. The zero-order valence-corrected chi connectivity index (χ0v) is 26.0. The predicted octanol–water partition coefficient (Wildman–Crippen LogP) is 11.6. The number of ether oxygens (including phenoxy) is 1. The Morgan fingerprint density at radius 2 is 1.59 bits per heavy atom. The number of halogens is 5. The maximum Gasteiger partial charge on any atom is 0.400 e. The van der Waals surface area contributed by atoms with E-state index in [0.717, 1.165) is 42.9 Å². The first-order valence-corrected chi connectivity index (χ1v) is 16.5. The minimum atomic E-state index is -3.58. The van der Waals surface area contributed by atoms with E-state index < -0.39 is 35.2 Å². The molecule has 0 amide bonds. The van der Waals surface area contributed by atoms with E-state index in [9.17, 15) is 13.2 Å². The van der Waals surface area contributed by atoms with Crippen LogP contribution in [0.25, 0.3) is 0 Å². The first kappa shape index (κ1) is 32.6. The molecule has 0 heterocycles. The quantitative estimate of drug-likeness (QED) is 0.159. The van der Waals surface area contributed by atoms with Gasteiger partial charge in [0, 0.05) is 12.1 Å². The molecule has 3 aliphatic carbocycles. The van der Waals surface area contributed by atoms with Gasteiger partial charge in [-0.25, -0.2) is 13.2 Å². The van der Waals surface area contributed by atoms with Crippen LogP contribution in [0.4, 0.5) is 22.0 Å². The molecule has 0 bridgehead atoms. The van der Waals surface area contributed by atoms with Gasteiger partial charge in [-0.1, -0.05) is 79.6 Å². The molecule has 1 unspecified atom stereocenters. The summed E-state index contributed by atoms with van der Waals surface area (Å²) in [5, 5.41) is 0. The van der Waals surface area contributed by atoms with E-state index in [1.165, 1.54) is 51.4 Å². The van der Waals surface area contributed by atoms with Crippen LogP contribution >= 0.6 is 0 Å². The molecule has 234 valence electrons. The second-order valence-electron chi connectivity index (χ2n) is 14.8. The molecule has 41 heavy (non-hydrogen) atoms. The van der Waals surface area contributed by atoms with Crippen molar-refractivity contribution >= 4 is 0 Å². The molecule has 1 aromatic carbocycles. The second-order valence-corrected chi connectivity index (χ2v) is 14.8. The van der Waals surface area contributed by atoms with Crippen molar-refractivity contribution in [3.8, 4) is 5.75 Å². The number of unbranched alkanes of at least 4 members (excludes halogenated alkanes) is 1. The Morgan fingerprint density at radius 1 is 0.902 bits per heavy atom. The third-order valence-electron chi connectivity index (χ3n) is 11.5. The average molecular weight is 585 g/mol. The largest absolute Gasteiger partial charge is 0.432 e. The number of benzene rings is 1. The average Bonchev–Trinajstić information content (AvgIpc) is 3.25. The fourth-order valence-corrected chi connectivity index (χ4v) is 9.32. The fraction of sp³-hybridized carbons (Fsp3) is 0.829. The molecule has 1 aromatic rings. The van der Waals surface area contributed by atoms with Crippen LogP contribution in [0.2, 0.25) is 0 Å². The minimum absolute atomic E-state index is 0.0974.